The summed E-state index contributed by atoms with van der Waals surface area (Å²) in [7, 11) is 5.39. The van der Waals surface area contributed by atoms with Crippen LogP contribution < -0.4 is 5.11 Å². The van der Waals surface area contributed by atoms with Crippen LogP contribution in [0.4, 0.5) is 0 Å². The van der Waals surface area contributed by atoms with E-state index in [0.717, 1.165) is 51.4 Å². The Morgan fingerprint density at radius 1 is 0.659 bits per heavy atom. The van der Waals surface area contributed by atoms with Gasteiger partial charge in [-0.15, -0.1) is 0 Å². The Balaban J connectivity index is 4.47. The van der Waals surface area contributed by atoms with Crippen LogP contribution in [-0.2, 0) is 28.6 Å². The summed E-state index contributed by atoms with van der Waals surface area (Å²) in [6.07, 6.45) is 25.2. The fourth-order valence-electron chi connectivity index (χ4n) is 5.06. The molecule has 0 bridgehead atoms. The minimum Gasteiger partial charge on any atom is -0.544 e. The van der Waals surface area contributed by atoms with Gasteiger partial charge >= 0.3 is 11.9 Å². The lowest BCUT2D eigenvalue weighted by Crippen LogP contribution is -2.55. The molecule has 0 heterocycles. The second kappa shape index (κ2) is 28.5. The highest BCUT2D eigenvalue weighted by atomic mass is 16.6. The molecule has 258 valence electrons. The predicted octanol–water partition coefficient (Wildman–Crippen LogP) is 7.07. The summed E-state index contributed by atoms with van der Waals surface area (Å²) < 4.78 is 17.0. The zero-order valence-electron chi connectivity index (χ0n) is 29.1. The standard InChI is InChI=1S/C36H67NO7/c1-6-8-10-12-14-16-17-18-19-21-23-25-27-35(39)44-32(30-42-29-28-33(36(40)41)37(3,4)5)31-43-34(38)26-24-22-20-15-13-11-9-7-2/h14,16,32-33H,6-13,15,17-31H2,1-5H3/b16-14-. The van der Waals surface area contributed by atoms with Gasteiger partial charge < -0.3 is 28.6 Å². The molecule has 0 fully saturated rings. The largest absolute Gasteiger partial charge is 0.544 e. The van der Waals surface area contributed by atoms with Crippen molar-refractivity contribution in [2.75, 3.05) is 41.0 Å². The minimum atomic E-state index is -1.13. The zero-order valence-corrected chi connectivity index (χ0v) is 29.1. The highest BCUT2D eigenvalue weighted by Gasteiger charge is 2.25. The molecule has 0 saturated carbocycles. The molecule has 0 rings (SSSR count). The van der Waals surface area contributed by atoms with Crippen molar-refractivity contribution in [3.05, 3.63) is 12.2 Å². The Morgan fingerprint density at radius 2 is 1.14 bits per heavy atom. The lowest BCUT2D eigenvalue weighted by Gasteiger charge is -2.34. The summed E-state index contributed by atoms with van der Waals surface area (Å²) in [6, 6.07) is -0.720. The molecule has 0 radical (unpaired) electrons. The zero-order chi connectivity index (χ0) is 32.9. The van der Waals surface area contributed by atoms with Crippen molar-refractivity contribution in [2.45, 2.75) is 161 Å². The van der Waals surface area contributed by atoms with E-state index in [1.54, 1.807) is 21.1 Å². The van der Waals surface area contributed by atoms with Gasteiger partial charge in [0, 0.05) is 19.3 Å². The van der Waals surface area contributed by atoms with E-state index in [2.05, 4.69) is 26.0 Å². The Morgan fingerprint density at radius 3 is 1.68 bits per heavy atom. The smallest absolute Gasteiger partial charge is 0.306 e. The minimum absolute atomic E-state index is 0.0413. The van der Waals surface area contributed by atoms with E-state index in [0.29, 0.717) is 12.8 Å². The molecular formula is C36H67NO7. The van der Waals surface area contributed by atoms with Gasteiger partial charge in [-0.2, -0.15) is 0 Å². The first kappa shape index (κ1) is 42.1. The fourth-order valence-corrected chi connectivity index (χ4v) is 5.06. The number of ether oxygens (including phenoxy) is 3. The molecule has 8 nitrogen and oxygen atoms in total. The Hall–Kier alpha value is -1.93. The first-order chi connectivity index (χ1) is 21.1. The molecular weight excluding hydrogens is 558 g/mol. The number of rotatable bonds is 31. The van der Waals surface area contributed by atoms with Crippen LogP contribution in [0.3, 0.4) is 0 Å². The van der Waals surface area contributed by atoms with Crippen molar-refractivity contribution in [1.29, 1.82) is 0 Å². The van der Waals surface area contributed by atoms with E-state index in [1.165, 1.54) is 64.2 Å². The van der Waals surface area contributed by atoms with Crippen molar-refractivity contribution in [1.82, 2.24) is 0 Å². The first-order valence-electron chi connectivity index (χ1n) is 17.7. The van der Waals surface area contributed by atoms with E-state index >= 15 is 0 Å². The van der Waals surface area contributed by atoms with Gasteiger partial charge in [0.25, 0.3) is 0 Å². The van der Waals surface area contributed by atoms with Crippen LogP contribution in [0.25, 0.3) is 0 Å². The van der Waals surface area contributed by atoms with Crippen molar-refractivity contribution in [3.8, 4) is 0 Å². The number of nitrogens with zero attached hydrogens (tertiary/aromatic N) is 1. The van der Waals surface area contributed by atoms with Crippen molar-refractivity contribution >= 4 is 17.9 Å². The number of aliphatic carboxylic acids is 1. The molecule has 0 amide bonds. The number of allylic oxidation sites excluding steroid dienone is 2. The Kier molecular flexibility index (Phi) is 27.3. The van der Waals surface area contributed by atoms with Gasteiger partial charge in [-0.3, -0.25) is 9.59 Å². The van der Waals surface area contributed by atoms with Crippen molar-refractivity contribution in [2.24, 2.45) is 0 Å². The molecule has 2 unspecified atom stereocenters. The van der Waals surface area contributed by atoms with E-state index < -0.39 is 18.1 Å². The molecule has 8 heteroatoms. The molecule has 0 aromatic rings. The van der Waals surface area contributed by atoms with Crippen LogP contribution in [0.2, 0.25) is 0 Å². The third-order valence-electron chi connectivity index (χ3n) is 7.90. The molecule has 0 aliphatic rings. The molecule has 0 saturated heterocycles. The second-order valence-corrected chi connectivity index (χ2v) is 13.1. The molecule has 0 aromatic heterocycles. The van der Waals surface area contributed by atoms with Crippen LogP contribution in [0.5, 0.6) is 0 Å². The van der Waals surface area contributed by atoms with Crippen LogP contribution in [-0.4, -0.2) is 75.5 Å². The van der Waals surface area contributed by atoms with Crippen LogP contribution in [0, 0.1) is 0 Å². The number of carbonyl (C=O) groups is 3. The second-order valence-electron chi connectivity index (χ2n) is 13.1. The number of carbonyl (C=O) groups excluding carboxylic acids is 3. The number of quaternary nitrogens is 1. The van der Waals surface area contributed by atoms with Gasteiger partial charge in [0.05, 0.1) is 40.3 Å². The number of likely N-dealkylation sites (N-methyl/N-ethyl adjacent to an activating group) is 1. The predicted molar refractivity (Wildman–Crippen MR) is 176 cm³/mol. The third kappa shape index (κ3) is 26.5. The summed E-state index contributed by atoms with van der Waals surface area (Å²) in [5, 5.41) is 11.5. The lowest BCUT2D eigenvalue weighted by atomic mass is 10.1. The number of hydrogen-bond acceptors (Lipinski definition) is 7. The number of unbranched alkanes of at least 4 members (excludes halogenated alkanes) is 15. The van der Waals surface area contributed by atoms with Crippen LogP contribution in [0.15, 0.2) is 12.2 Å². The number of hydrogen-bond donors (Lipinski definition) is 0. The number of esters is 2. The molecule has 0 N–H and O–H groups in total. The van der Waals surface area contributed by atoms with Crippen LogP contribution >= 0.6 is 0 Å². The fraction of sp³-hybridized carbons (Fsp3) is 0.861. The maximum atomic E-state index is 12.6. The lowest BCUT2D eigenvalue weighted by molar-refractivity contribution is -0.889. The SMILES string of the molecule is CCCCC/C=C\CCCCCCCC(=O)OC(COCCC(C(=O)[O-])[N+](C)(C)C)COC(=O)CCCCCCCCCC. The van der Waals surface area contributed by atoms with Gasteiger partial charge in [0.2, 0.25) is 0 Å². The summed E-state index contributed by atoms with van der Waals surface area (Å²) >= 11 is 0. The van der Waals surface area contributed by atoms with E-state index in [-0.39, 0.29) is 42.7 Å². The van der Waals surface area contributed by atoms with Gasteiger partial charge in [0.15, 0.2) is 6.10 Å². The number of carboxylic acid groups (broad SMARTS) is 1. The van der Waals surface area contributed by atoms with Gasteiger partial charge in [-0.25, -0.2) is 0 Å². The number of carboxylic acids is 1. The van der Waals surface area contributed by atoms with E-state index in [1.807, 2.05) is 0 Å². The average Bonchev–Trinajstić information content (AvgIpc) is 2.96. The molecule has 0 aliphatic carbocycles. The normalized spacial score (nSPS) is 13.2. The summed E-state index contributed by atoms with van der Waals surface area (Å²) in [5.74, 6) is -1.75. The Bertz CT molecular complexity index is 747. The van der Waals surface area contributed by atoms with Gasteiger partial charge in [-0.1, -0.05) is 103 Å². The summed E-state index contributed by atoms with van der Waals surface area (Å²) in [4.78, 5) is 36.4. The monoisotopic (exact) mass is 625 g/mol. The maximum Gasteiger partial charge on any atom is 0.306 e. The molecule has 2 atom stereocenters. The van der Waals surface area contributed by atoms with Crippen molar-refractivity contribution in [3.63, 3.8) is 0 Å². The molecule has 0 aromatic carbocycles. The van der Waals surface area contributed by atoms with E-state index in [9.17, 15) is 19.5 Å². The van der Waals surface area contributed by atoms with E-state index in [4.69, 9.17) is 14.2 Å². The van der Waals surface area contributed by atoms with Gasteiger partial charge in [-0.05, 0) is 38.5 Å². The summed E-state index contributed by atoms with van der Waals surface area (Å²) in [5.41, 5.74) is 0. The summed E-state index contributed by atoms with van der Waals surface area (Å²) in [6.45, 7) is 4.58. The molecule has 44 heavy (non-hydrogen) atoms. The van der Waals surface area contributed by atoms with Gasteiger partial charge in [0.1, 0.15) is 12.6 Å². The topological polar surface area (TPSA) is 102 Å². The average molecular weight is 626 g/mol. The van der Waals surface area contributed by atoms with Crippen molar-refractivity contribution < 1.29 is 38.2 Å². The molecule has 0 spiro atoms. The Labute approximate surface area is 269 Å². The quantitative estimate of drug-likeness (QED) is 0.0351. The highest BCUT2D eigenvalue weighted by Crippen LogP contribution is 2.13. The third-order valence-corrected chi connectivity index (χ3v) is 7.90. The highest BCUT2D eigenvalue weighted by molar-refractivity contribution is 5.70. The molecule has 0 aliphatic heterocycles. The van der Waals surface area contributed by atoms with Crippen LogP contribution in [0.1, 0.15) is 149 Å². The first-order valence-corrected chi connectivity index (χ1v) is 17.7. The maximum absolute atomic E-state index is 12.6.